The number of aliphatic hydroxyl groups excluding tert-OH is 1. The van der Waals surface area contributed by atoms with E-state index in [1.165, 1.54) is 4.31 Å². The molecule has 1 saturated heterocycles. The van der Waals surface area contributed by atoms with Crippen molar-refractivity contribution in [3.63, 3.8) is 0 Å². The van der Waals surface area contributed by atoms with Gasteiger partial charge in [-0.25, -0.2) is 8.42 Å². The molecule has 0 aromatic heterocycles. The second kappa shape index (κ2) is 11.2. The third kappa shape index (κ3) is 7.12. The number of aryl methyl sites for hydroxylation is 1. The molecule has 1 heterocycles. The lowest BCUT2D eigenvalue weighted by Gasteiger charge is -2.42. The zero-order chi connectivity index (χ0) is 22.4. The molecule has 30 heavy (non-hydrogen) atoms. The monoisotopic (exact) mass is 459 g/mol. The first-order valence-electron chi connectivity index (χ1n) is 10.6. The highest BCUT2D eigenvalue weighted by atomic mass is 32.2. The van der Waals surface area contributed by atoms with Crippen molar-refractivity contribution in [3.05, 3.63) is 29.8 Å². The molecule has 1 aliphatic heterocycles. The van der Waals surface area contributed by atoms with Crippen LogP contribution < -0.4 is 0 Å². The normalized spacial score (nSPS) is 23.6. The molecule has 3 atom stereocenters. The number of hydrogen-bond donors (Lipinski definition) is 1. The fourth-order valence-electron chi connectivity index (χ4n) is 3.38. The Morgan fingerprint density at radius 2 is 1.80 bits per heavy atom. The van der Waals surface area contributed by atoms with Crippen LogP contribution in [0.1, 0.15) is 25.3 Å². The molecule has 1 unspecified atom stereocenters. The van der Waals surface area contributed by atoms with E-state index in [9.17, 15) is 13.5 Å². The smallest absolute Gasteiger partial charge is 0.245 e. The van der Waals surface area contributed by atoms with Gasteiger partial charge in [-0.15, -0.1) is 0 Å². The van der Waals surface area contributed by atoms with Gasteiger partial charge < -0.3 is 19.3 Å². The Morgan fingerprint density at radius 3 is 2.40 bits per heavy atom. The first-order chi connectivity index (χ1) is 14.1. The van der Waals surface area contributed by atoms with Gasteiger partial charge in [0, 0.05) is 21.3 Å². The van der Waals surface area contributed by atoms with Crippen LogP contribution in [0.4, 0.5) is 0 Å². The highest BCUT2D eigenvalue weighted by Crippen LogP contribution is 2.31. The van der Waals surface area contributed by atoms with Crippen molar-refractivity contribution in [2.24, 2.45) is 0 Å². The van der Waals surface area contributed by atoms with Crippen LogP contribution in [-0.2, 0) is 24.2 Å². The number of sulfonamides is 1. The maximum atomic E-state index is 13.4. The van der Waals surface area contributed by atoms with Crippen LogP contribution in [0.15, 0.2) is 29.2 Å². The van der Waals surface area contributed by atoms with Crippen LogP contribution in [0.5, 0.6) is 0 Å². The molecule has 1 aromatic rings. The van der Waals surface area contributed by atoms with Crippen molar-refractivity contribution in [3.8, 4) is 0 Å². The minimum atomic E-state index is -3.87. The topological polar surface area (TPSA) is 85.3 Å². The number of nitrogens with zero attached hydrogens (tertiary/aromatic N) is 1. The SMILES string of the molecule is CCOC1CC[C@@H](O)[C@H](COCOCC[Si](C)(C)C)N1S(=O)(=O)c1ccc(C)cc1. The summed E-state index contributed by atoms with van der Waals surface area (Å²) in [7, 11) is -5.05. The number of benzene rings is 1. The average molecular weight is 460 g/mol. The van der Waals surface area contributed by atoms with E-state index >= 15 is 0 Å². The molecular formula is C21H37NO6SSi. The Hall–Kier alpha value is -0.813. The number of hydrogen-bond acceptors (Lipinski definition) is 6. The second-order valence-electron chi connectivity index (χ2n) is 8.98. The van der Waals surface area contributed by atoms with Gasteiger partial charge in [-0.3, -0.25) is 0 Å². The summed E-state index contributed by atoms with van der Waals surface area (Å²) >= 11 is 0. The van der Waals surface area contributed by atoms with Gasteiger partial charge in [-0.2, -0.15) is 4.31 Å². The Kier molecular flexibility index (Phi) is 9.48. The van der Waals surface area contributed by atoms with E-state index in [2.05, 4.69) is 19.6 Å². The first kappa shape index (κ1) is 25.4. The van der Waals surface area contributed by atoms with Crippen molar-refractivity contribution in [1.82, 2.24) is 4.31 Å². The largest absolute Gasteiger partial charge is 0.391 e. The molecule has 172 valence electrons. The molecule has 7 nitrogen and oxygen atoms in total. The van der Waals surface area contributed by atoms with Crippen molar-refractivity contribution in [2.75, 3.05) is 26.6 Å². The molecule has 0 spiro atoms. The highest BCUT2D eigenvalue weighted by molar-refractivity contribution is 7.89. The Balaban J connectivity index is 2.12. The highest BCUT2D eigenvalue weighted by Gasteiger charge is 2.44. The zero-order valence-corrected chi connectivity index (χ0v) is 20.7. The summed E-state index contributed by atoms with van der Waals surface area (Å²) in [5.41, 5.74) is 0.976. The fourth-order valence-corrected chi connectivity index (χ4v) is 5.89. The quantitative estimate of drug-likeness (QED) is 0.311. The van der Waals surface area contributed by atoms with Crippen LogP contribution in [-0.4, -0.2) is 70.9 Å². The van der Waals surface area contributed by atoms with Gasteiger partial charge in [0.2, 0.25) is 10.0 Å². The summed E-state index contributed by atoms with van der Waals surface area (Å²) in [5.74, 6) is 0. The van der Waals surface area contributed by atoms with Crippen LogP contribution >= 0.6 is 0 Å². The van der Waals surface area contributed by atoms with E-state index < -0.39 is 36.5 Å². The third-order valence-electron chi connectivity index (χ3n) is 5.17. The molecule has 0 aliphatic carbocycles. The summed E-state index contributed by atoms with van der Waals surface area (Å²) in [6.07, 6.45) is -0.576. The van der Waals surface area contributed by atoms with Gasteiger partial charge in [0.1, 0.15) is 13.0 Å². The fraction of sp³-hybridized carbons (Fsp3) is 0.714. The summed E-state index contributed by atoms with van der Waals surface area (Å²) in [6.45, 7) is 11.7. The molecule has 0 bridgehead atoms. The molecule has 2 rings (SSSR count). The molecule has 0 saturated carbocycles. The molecule has 9 heteroatoms. The second-order valence-corrected chi connectivity index (χ2v) is 16.4. The summed E-state index contributed by atoms with van der Waals surface area (Å²) in [4.78, 5) is 0.184. The van der Waals surface area contributed by atoms with E-state index in [1.54, 1.807) is 24.3 Å². The van der Waals surface area contributed by atoms with Crippen molar-refractivity contribution >= 4 is 18.1 Å². The van der Waals surface area contributed by atoms with Gasteiger partial charge >= 0.3 is 0 Å². The van der Waals surface area contributed by atoms with Crippen LogP contribution in [0.2, 0.25) is 25.7 Å². The Labute approximate surface area is 182 Å². The molecule has 0 amide bonds. The zero-order valence-electron chi connectivity index (χ0n) is 18.8. The maximum Gasteiger partial charge on any atom is 0.245 e. The minimum absolute atomic E-state index is 0.0444. The molecule has 0 radical (unpaired) electrons. The molecule has 1 aromatic carbocycles. The predicted octanol–water partition coefficient (Wildman–Crippen LogP) is 3.20. The maximum absolute atomic E-state index is 13.4. The molecule has 1 aliphatic rings. The van der Waals surface area contributed by atoms with E-state index in [0.717, 1.165) is 11.6 Å². The van der Waals surface area contributed by atoms with E-state index in [4.69, 9.17) is 14.2 Å². The lowest BCUT2D eigenvalue weighted by atomic mass is 10.0. The Bertz CT molecular complexity index is 750. The number of aliphatic hydroxyl groups is 1. The van der Waals surface area contributed by atoms with Crippen molar-refractivity contribution < 1.29 is 27.7 Å². The lowest BCUT2D eigenvalue weighted by molar-refractivity contribution is -0.127. The first-order valence-corrected chi connectivity index (χ1v) is 15.8. The van der Waals surface area contributed by atoms with E-state index in [0.29, 0.717) is 26.1 Å². The van der Waals surface area contributed by atoms with Crippen molar-refractivity contribution in [1.29, 1.82) is 0 Å². The van der Waals surface area contributed by atoms with Crippen LogP contribution in [0, 0.1) is 6.92 Å². The predicted molar refractivity (Wildman–Crippen MR) is 120 cm³/mol. The third-order valence-corrected chi connectivity index (χ3v) is 8.80. The molecular weight excluding hydrogens is 422 g/mol. The minimum Gasteiger partial charge on any atom is -0.391 e. The number of ether oxygens (including phenoxy) is 3. The summed E-state index contributed by atoms with van der Waals surface area (Å²) < 4.78 is 45.1. The summed E-state index contributed by atoms with van der Waals surface area (Å²) in [5, 5.41) is 10.6. The van der Waals surface area contributed by atoms with Gasteiger partial charge in [0.05, 0.1) is 23.6 Å². The number of rotatable bonds is 11. The van der Waals surface area contributed by atoms with Crippen LogP contribution in [0.25, 0.3) is 0 Å². The number of piperidine rings is 1. The molecule has 1 N–H and O–H groups in total. The van der Waals surface area contributed by atoms with Gasteiger partial charge in [0.25, 0.3) is 0 Å². The van der Waals surface area contributed by atoms with Gasteiger partial charge in [0.15, 0.2) is 0 Å². The van der Waals surface area contributed by atoms with Crippen LogP contribution in [0.3, 0.4) is 0 Å². The average Bonchev–Trinajstić information content (AvgIpc) is 2.66. The van der Waals surface area contributed by atoms with Gasteiger partial charge in [-0.1, -0.05) is 37.3 Å². The lowest BCUT2D eigenvalue weighted by Crippen LogP contribution is -2.58. The molecule has 1 fully saturated rings. The van der Waals surface area contributed by atoms with Gasteiger partial charge in [-0.05, 0) is 44.9 Å². The Morgan fingerprint density at radius 1 is 1.13 bits per heavy atom. The van der Waals surface area contributed by atoms with E-state index in [1.807, 2.05) is 13.8 Å². The van der Waals surface area contributed by atoms with Crippen molar-refractivity contribution in [2.45, 2.75) is 75.6 Å². The summed E-state index contributed by atoms with van der Waals surface area (Å²) in [6, 6.07) is 7.00. The van der Waals surface area contributed by atoms with E-state index in [-0.39, 0.29) is 18.3 Å². The standard InChI is InChI=1S/C21H37NO6SSi/c1-6-28-21-12-11-20(23)19(15-27-16-26-13-14-30(3,4)5)22(21)29(24,25)18-9-7-17(2)8-10-18/h7-10,19-21,23H,6,11-16H2,1-5H3/t19-,20+,21?/m0/s1.